The molecule has 0 aliphatic heterocycles. The first kappa shape index (κ1) is 27.1. The molecule has 4 aliphatic rings. The number of esters is 1. The molecular formula is C31H41Cl2NO3. The van der Waals surface area contributed by atoms with Gasteiger partial charge < -0.3 is 9.64 Å². The summed E-state index contributed by atoms with van der Waals surface area (Å²) in [6.07, 6.45) is 10.7. The summed E-state index contributed by atoms with van der Waals surface area (Å²) in [6.45, 7) is 6.18. The number of fused-ring (bicyclic) bond motifs is 5. The van der Waals surface area contributed by atoms with Crippen LogP contribution in [-0.4, -0.2) is 42.7 Å². The number of hydrogen-bond acceptors (Lipinski definition) is 4. The van der Waals surface area contributed by atoms with Crippen molar-refractivity contribution in [1.82, 2.24) is 0 Å². The second-order valence-electron chi connectivity index (χ2n) is 12.2. The molecule has 37 heavy (non-hydrogen) atoms. The average Bonchev–Trinajstić information content (AvgIpc) is 3.19. The molecule has 202 valence electrons. The van der Waals surface area contributed by atoms with Crippen LogP contribution in [-0.2, 0) is 20.7 Å². The van der Waals surface area contributed by atoms with Gasteiger partial charge in [0, 0.05) is 48.8 Å². The van der Waals surface area contributed by atoms with Gasteiger partial charge in [-0.2, -0.15) is 0 Å². The van der Waals surface area contributed by atoms with Crippen molar-refractivity contribution in [2.45, 2.75) is 77.7 Å². The maximum absolute atomic E-state index is 12.8. The lowest BCUT2D eigenvalue weighted by Gasteiger charge is -2.56. The van der Waals surface area contributed by atoms with E-state index in [0.29, 0.717) is 35.3 Å². The van der Waals surface area contributed by atoms with Crippen LogP contribution in [0, 0.1) is 28.6 Å². The first-order valence-corrected chi connectivity index (χ1v) is 15.2. The number of Topliss-reactive ketones (excluding diaryl/α,β-unsaturated/α-hetero) is 1. The summed E-state index contributed by atoms with van der Waals surface area (Å²) >= 11 is 11.9. The number of alkyl halides is 2. The number of ketones is 1. The minimum atomic E-state index is -0.146. The number of halogens is 2. The Balaban J connectivity index is 1.19. The van der Waals surface area contributed by atoms with E-state index < -0.39 is 0 Å². The van der Waals surface area contributed by atoms with Gasteiger partial charge in [0.05, 0.1) is 6.42 Å². The highest BCUT2D eigenvalue weighted by Gasteiger charge is 2.58. The van der Waals surface area contributed by atoms with E-state index in [1.165, 1.54) is 5.57 Å². The van der Waals surface area contributed by atoms with Crippen molar-refractivity contribution in [2.24, 2.45) is 28.6 Å². The van der Waals surface area contributed by atoms with E-state index >= 15 is 0 Å². The molecule has 0 spiro atoms. The van der Waals surface area contributed by atoms with Crippen LogP contribution in [0.3, 0.4) is 0 Å². The third kappa shape index (κ3) is 5.10. The number of carbonyl (C=O) groups excluding carboxylic acids is 2. The number of ether oxygens (including phenoxy) is 1. The molecule has 6 heteroatoms. The van der Waals surface area contributed by atoms with Gasteiger partial charge in [-0.05, 0) is 79.4 Å². The van der Waals surface area contributed by atoms with Crippen LogP contribution in [0.25, 0.3) is 0 Å². The lowest BCUT2D eigenvalue weighted by atomic mass is 9.48. The maximum Gasteiger partial charge on any atom is 0.310 e. The molecule has 3 saturated carbocycles. The van der Waals surface area contributed by atoms with Crippen LogP contribution < -0.4 is 4.90 Å². The minimum Gasteiger partial charge on any atom is -0.462 e. The number of rotatable bonds is 8. The van der Waals surface area contributed by atoms with Crippen LogP contribution in [0.2, 0.25) is 0 Å². The summed E-state index contributed by atoms with van der Waals surface area (Å²) in [5, 5.41) is 0. The molecule has 0 heterocycles. The molecule has 6 unspecified atom stereocenters. The second kappa shape index (κ2) is 10.9. The van der Waals surface area contributed by atoms with E-state index in [-0.39, 0.29) is 29.3 Å². The van der Waals surface area contributed by atoms with Crippen molar-refractivity contribution in [2.75, 3.05) is 29.7 Å². The third-order valence-electron chi connectivity index (χ3n) is 10.4. The quantitative estimate of drug-likeness (QED) is 0.201. The molecule has 4 aliphatic carbocycles. The van der Waals surface area contributed by atoms with Gasteiger partial charge in [-0.1, -0.05) is 37.6 Å². The zero-order valence-electron chi connectivity index (χ0n) is 22.3. The molecule has 3 fully saturated rings. The SMILES string of the molecule is CC12CCC3C(CC=C4CC(OC(=O)Cc5ccc(N(CCCl)CCCl)cc5)CCC43C)C1CCC2=O. The van der Waals surface area contributed by atoms with E-state index in [9.17, 15) is 9.59 Å². The monoisotopic (exact) mass is 545 g/mol. The van der Waals surface area contributed by atoms with E-state index in [1.807, 2.05) is 24.3 Å². The molecule has 0 aromatic heterocycles. The lowest BCUT2D eigenvalue weighted by molar-refractivity contribution is -0.150. The average molecular weight is 547 g/mol. The molecule has 6 atom stereocenters. The fraction of sp³-hybridized carbons (Fsp3) is 0.677. The lowest BCUT2D eigenvalue weighted by Crippen LogP contribution is -2.50. The smallest absolute Gasteiger partial charge is 0.310 e. The molecule has 0 saturated heterocycles. The standard InChI is InChI=1S/C31H41Cl2NO3/c1-30-13-11-24(37-29(36)19-21-3-6-23(7-4-21)34(17-15-32)18-16-33)20-22(30)5-8-25-26-9-10-28(35)31(26,2)14-12-27(25)30/h3-7,24-27H,8-20H2,1-2H3. The first-order chi connectivity index (χ1) is 17.8. The predicted molar refractivity (Wildman–Crippen MR) is 150 cm³/mol. The van der Waals surface area contributed by atoms with Crippen LogP contribution in [0.5, 0.6) is 0 Å². The van der Waals surface area contributed by atoms with Gasteiger partial charge in [0.1, 0.15) is 11.9 Å². The van der Waals surface area contributed by atoms with Crippen molar-refractivity contribution in [1.29, 1.82) is 0 Å². The first-order valence-electron chi connectivity index (χ1n) is 14.2. The van der Waals surface area contributed by atoms with Gasteiger partial charge in [-0.25, -0.2) is 0 Å². The summed E-state index contributed by atoms with van der Waals surface area (Å²) < 4.78 is 6.01. The number of anilines is 1. The molecule has 0 N–H and O–H groups in total. The van der Waals surface area contributed by atoms with Crippen molar-refractivity contribution < 1.29 is 14.3 Å². The zero-order chi connectivity index (χ0) is 26.2. The fourth-order valence-electron chi connectivity index (χ4n) is 8.29. The Morgan fingerprint density at radius 3 is 2.38 bits per heavy atom. The second-order valence-corrected chi connectivity index (χ2v) is 13.0. The van der Waals surface area contributed by atoms with Gasteiger partial charge >= 0.3 is 5.97 Å². The third-order valence-corrected chi connectivity index (χ3v) is 10.8. The molecule has 0 bridgehead atoms. The Morgan fingerprint density at radius 1 is 1.00 bits per heavy atom. The Bertz CT molecular complexity index is 1030. The highest BCUT2D eigenvalue weighted by molar-refractivity contribution is 6.18. The van der Waals surface area contributed by atoms with Gasteiger partial charge in [-0.15, -0.1) is 23.2 Å². The summed E-state index contributed by atoms with van der Waals surface area (Å²) in [5.41, 5.74) is 3.63. The summed E-state index contributed by atoms with van der Waals surface area (Å²) in [6, 6.07) is 8.06. The Hall–Kier alpha value is -1.52. The number of allylic oxidation sites excluding steroid dienone is 1. The zero-order valence-corrected chi connectivity index (χ0v) is 23.8. The van der Waals surface area contributed by atoms with Gasteiger partial charge in [0.15, 0.2) is 0 Å². The van der Waals surface area contributed by atoms with E-state index in [2.05, 4.69) is 24.8 Å². The normalized spacial score (nSPS) is 34.7. The van der Waals surface area contributed by atoms with Crippen molar-refractivity contribution in [3.63, 3.8) is 0 Å². The van der Waals surface area contributed by atoms with Gasteiger partial charge in [0.25, 0.3) is 0 Å². The van der Waals surface area contributed by atoms with Gasteiger partial charge in [0.2, 0.25) is 0 Å². The summed E-state index contributed by atoms with van der Waals surface area (Å²) in [5.74, 6) is 3.28. The largest absolute Gasteiger partial charge is 0.462 e. The van der Waals surface area contributed by atoms with E-state index in [1.54, 1.807) is 0 Å². The van der Waals surface area contributed by atoms with Crippen LogP contribution in [0.15, 0.2) is 35.9 Å². The van der Waals surface area contributed by atoms with Crippen molar-refractivity contribution >= 4 is 40.6 Å². The molecule has 1 aromatic rings. The minimum absolute atomic E-state index is 0.0347. The Labute approximate surface area is 232 Å². The number of hydrogen-bond donors (Lipinski definition) is 0. The molecule has 0 radical (unpaired) electrons. The highest BCUT2D eigenvalue weighted by atomic mass is 35.5. The van der Waals surface area contributed by atoms with Crippen LogP contribution in [0.1, 0.15) is 70.8 Å². The van der Waals surface area contributed by atoms with Crippen molar-refractivity contribution in [3.05, 3.63) is 41.5 Å². The molecule has 4 nitrogen and oxygen atoms in total. The topological polar surface area (TPSA) is 46.6 Å². The van der Waals surface area contributed by atoms with Crippen molar-refractivity contribution in [3.8, 4) is 0 Å². The molecule has 1 aromatic carbocycles. The van der Waals surface area contributed by atoms with Crippen LogP contribution >= 0.6 is 23.2 Å². The number of carbonyl (C=O) groups is 2. The fourth-order valence-corrected chi connectivity index (χ4v) is 8.70. The van der Waals surface area contributed by atoms with E-state index in [0.717, 1.165) is 75.7 Å². The van der Waals surface area contributed by atoms with E-state index in [4.69, 9.17) is 27.9 Å². The van der Waals surface area contributed by atoms with Crippen LogP contribution in [0.4, 0.5) is 5.69 Å². The molecule has 5 rings (SSSR count). The predicted octanol–water partition coefficient (Wildman–Crippen LogP) is 6.96. The maximum atomic E-state index is 12.8. The highest BCUT2D eigenvalue weighted by Crippen LogP contribution is 2.64. The molecular weight excluding hydrogens is 505 g/mol. The summed E-state index contributed by atoms with van der Waals surface area (Å²) in [4.78, 5) is 27.7. The molecule has 0 amide bonds. The number of benzene rings is 1. The summed E-state index contributed by atoms with van der Waals surface area (Å²) in [7, 11) is 0. The Morgan fingerprint density at radius 2 is 1.68 bits per heavy atom. The number of nitrogens with zero attached hydrogens (tertiary/aromatic N) is 1. The Kier molecular flexibility index (Phi) is 7.99. The van der Waals surface area contributed by atoms with Gasteiger partial charge in [-0.3, -0.25) is 9.59 Å².